The molecule has 0 amide bonds. The van der Waals surface area contributed by atoms with Crippen molar-refractivity contribution in [2.45, 2.75) is 118 Å². The molecule has 0 unspecified atom stereocenters. The fourth-order valence-corrected chi connectivity index (χ4v) is 9.88. The third-order valence-corrected chi connectivity index (χ3v) is 12.1. The van der Waals surface area contributed by atoms with E-state index >= 15 is 0 Å². The highest BCUT2D eigenvalue weighted by molar-refractivity contribution is 5.36. The first-order valence-corrected chi connectivity index (χ1v) is 15.9. The summed E-state index contributed by atoms with van der Waals surface area (Å²) in [6.07, 6.45) is 6.97. The molecule has 0 saturated heterocycles. The number of rotatable bonds is 7. The summed E-state index contributed by atoms with van der Waals surface area (Å²) < 4.78 is 102. The van der Waals surface area contributed by atoms with Gasteiger partial charge >= 0.3 is 6.18 Å². The second-order valence-corrected chi connectivity index (χ2v) is 14.7. The lowest BCUT2D eigenvalue weighted by atomic mass is 9.47. The van der Waals surface area contributed by atoms with E-state index in [0.29, 0.717) is 48.3 Å². The Kier molecular flexibility index (Phi) is 8.54. The molecule has 42 heavy (non-hydrogen) atoms. The molecule has 3 saturated carbocycles. The first-order chi connectivity index (χ1) is 19.6. The van der Waals surface area contributed by atoms with Crippen LogP contribution in [0.15, 0.2) is 11.6 Å². The fourth-order valence-electron chi connectivity index (χ4n) is 9.88. The summed E-state index contributed by atoms with van der Waals surface area (Å²) in [5.74, 6) is -6.73. The molecule has 8 heteroatoms. The van der Waals surface area contributed by atoms with E-state index in [4.69, 9.17) is 4.74 Å². The third kappa shape index (κ3) is 5.29. The molecule has 4 aliphatic carbocycles. The molecule has 0 spiro atoms. The SMILES string of the molecule is CC(C)CCC[C@@H](C)[C@H]1CC[C@H]2[C@@H]3CC=C4C[C@@H](Oc5c(F)c(F)c(C(F)(F)F)c(F)c5F)CC[C@]4(C)[C@H]3CC[C@]12C. The zero-order valence-electron chi connectivity index (χ0n) is 25.5. The standard InChI is InChI=1S/C34H45F7O/c1-18(2)7-6-8-19(3)23-11-12-24-22-10-9-20-17-21(13-15-32(20,4)25(22)14-16-33(23,24)5)42-31-29(37)27(35)26(34(39,40)41)28(36)30(31)38/h9,18-19,21-25H,6-8,10-17H2,1-5H3/t19-,21+,22+,23-,24+,25+,32+,33-/m1/s1. The van der Waals surface area contributed by atoms with E-state index in [1.54, 1.807) is 0 Å². The lowest BCUT2D eigenvalue weighted by Gasteiger charge is -2.58. The van der Waals surface area contributed by atoms with Gasteiger partial charge < -0.3 is 4.74 Å². The Labute approximate surface area is 245 Å². The van der Waals surface area contributed by atoms with Crippen molar-refractivity contribution in [1.82, 2.24) is 0 Å². The van der Waals surface area contributed by atoms with E-state index in [9.17, 15) is 30.7 Å². The Morgan fingerprint density at radius 1 is 0.857 bits per heavy atom. The van der Waals surface area contributed by atoms with Crippen molar-refractivity contribution in [3.8, 4) is 5.75 Å². The van der Waals surface area contributed by atoms with Gasteiger partial charge in [0.05, 0.1) is 0 Å². The Hall–Kier alpha value is -1.73. The molecular weight excluding hydrogens is 557 g/mol. The van der Waals surface area contributed by atoms with Crippen molar-refractivity contribution in [2.75, 3.05) is 0 Å². The molecule has 5 rings (SSSR count). The van der Waals surface area contributed by atoms with Crippen LogP contribution < -0.4 is 4.74 Å². The second-order valence-electron chi connectivity index (χ2n) is 14.7. The molecule has 0 heterocycles. The lowest BCUT2D eigenvalue weighted by molar-refractivity contribution is -0.143. The Balaban J connectivity index is 1.31. The number of ether oxygens (including phenoxy) is 1. The van der Waals surface area contributed by atoms with Gasteiger partial charge in [-0.3, -0.25) is 0 Å². The molecule has 1 nitrogen and oxygen atoms in total. The van der Waals surface area contributed by atoms with Crippen LogP contribution in [0.1, 0.15) is 111 Å². The summed E-state index contributed by atoms with van der Waals surface area (Å²) in [5, 5.41) is 0. The van der Waals surface area contributed by atoms with Gasteiger partial charge in [0, 0.05) is 6.42 Å². The molecule has 0 bridgehead atoms. The Morgan fingerprint density at radius 2 is 1.52 bits per heavy atom. The van der Waals surface area contributed by atoms with Crippen molar-refractivity contribution in [3.63, 3.8) is 0 Å². The van der Waals surface area contributed by atoms with Crippen molar-refractivity contribution in [1.29, 1.82) is 0 Å². The normalized spacial score (nSPS) is 35.4. The van der Waals surface area contributed by atoms with Crippen molar-refractivity contribution in [2.24, 2.45) is 46.3 Å². The number of halogens is 7. The summed E-state index contributed by atoms with van der Waals surface area (Å²) in [6, 6.07) is 0. The van der Waals surface area contributed by atoms with Gasteiger partial charge in [-0.05, 0) is 91.3 Å². The molecule has 1 aromatic carbocycles. The molecule has 8 atom stereocenters. The van der Waals surface area contributed by atoms with Gasteiger partial charge in [-0.2, -0.15) is 22.0 Å². The smallest absolute Gasteiger partial charge is 0.422 e. The molecule has 4 aliphatic rings. The molecule has 3 fully saturated rings. The van der Waals surface area contributed by atoms with E-state index in [0.717, 1.165) is 30.3 Å². The first kappa shape index (κ1) is 31.7. The van der Waals surface area contributed by atoms with E-state index in [1.807, 2.05) is 0 Å². The van der Waals surface area contributed by atoms with Gasteiger partial charge in [0.15, 0.2) is 17.4 Å². The molecule has 0 radical (unpaired) electrons. The Bertz CT molecular complexity index is 1180. The monoisotopic (exact) mass is 602 g/mol. The van der Waals surface area contributed by atoms with E-state index in [1.165, 1.54) is 38.5 Å². The minimum absolute atomic E-state index is 0.0984. The largest absolute Gasteiger partial charge is 0.484 e. The van der Waals surface area contributed by atoms with Crippen LogP contribution >= 0.6 is 0 Å². The molecule has 0 N–H and O–H groups in total. The van der Waals surface area contributed by atoms with Crippen LogP contribution in [0.4, 0.5) is 30.7 Å². The Morgan fingerprint density at radius 3 is 2.14 bits per heavy atom. The van der Waals surface area contributed by atoms with Gasteiger partial charge in [0.1, 0.15) is 11.7 Å². The maximum absolute atomic E-state index is 14.5. The number of fused-ring (bicyclic) bond motifs is 5. The molecule has 0 aromatic heterocycles. The molecule has 236 valence electrons. The summed E-state index contributed by atoms with van der Waals surface area (Å²) in [5.41, 5.74) is -1.20. The number of benzene rings is 1. The summed E-state index contributed by atoms with van der Waals surface area (Å²) >= 11 is 0. The highest BCUT2D eigenvalue weighted by Gasteiger charge is 2.59. The maximum atomic E-state index is 14.5. The number of hydrogen-bond acceptors (Lipinski definition) is 1. The molecule has 1 aromatic rings. The van der Waals surface area contributed by atoms with Gasteiger partial charge in [-0.1, -0.05) is 65.5 Å². The maximum Gasteiger partial charge on any atom is 0.422 e. The van der Waals surface area contributed by atoms with E-state index in [-0.39, 0.29) is 5.41 Å². The van der Waals surface area contributed by atoms with Crippen LogP contribution in [0.25, 0.3) is 0 Å². The lowest BCUT2D eigenvalue weighted by Crippen LogP contribution is -2.51. The van der Waals surface area contributed by atoms with E-state index < -0.39 is 46.9 Å². The highest BCUT2D eigenvalue weighted by Crippen LogP contribution is 2.67. The van der Waals surface area contributed by atoms with Gasteiger partial charge in [-0.25, -0.2) is 8.78 Å². The first-order valence-electron chi connectivity index (χ1n) is 15.9. The zero-order chi connectivity index (χ0) is 30.8. The van der Waals surface area contributed by atoms with Crippen LogP contribution in [-0.4, -0.2) is 6.10 Å². The average molecular weight is 603 g/mol. The van der Waals surface area contributed by atoms with Crippen LogP contribution in [0.3, 0.4) is 0 Å². The summed E-state index contributed by atoms with van der Waals surface area (Å²) in [7, 11) is 0. The fraction of sp³-hybridized carbons (Fsp3) is 0.765. The minimum atomic E-state index is -5.58. The predicted molar refractivity (Wildman–Crippen MR) is 149 cm³/mol. The molecule has 0 aliphatic heterocycles. The second kappa shape index (κ2) is 11.3. The number of alkyl halides is 3. The van der Waals surface area contributed by atoms with Gasteiger partial charge in [0.2, 0.25) is 11.6 Å². The topological polar surface area (TPSA) is 9.23 Å². The van der Waals surface area contributed by atoms with E-state index in [2.05, 4.69) is 40.7 Å². The van der Waals surface area contributed by atoms with Crippen LogP contribution in [0.2, 0.25) is 0 Å². The molecular formula is C34H45F7O. The van der Waals surface area contributed by atoms with Crippen LogP contribution in [0, 0.1) is 69.6 Å². The van der Waals surface area contributed by atoms with Crippen LogP contribution in [-0.2, 0) is 6.18 Å². The van der Waals surface area contributed by atoms with Crippen LogP contribution in [0.5, 0.6) is 5.75 Å². The quantitative estimate of drug-likeness (QED) is 0.171. The predicted octanol–water partition coefficient (Wildman–Crippen LogP) is 11.1. The third-order valence-electron chi connectivity index (χ3n) is 12.1. The van der Waals surface area contributed by atoms with Gasteiger partial charge in [-0.15, -0.1) is 0 Å². The number of hydrogen-bond donors (Lipinski definition) is 0. The minimum Gasteiger partial charge on any atom is -0.484 e. The summed E-state index contributed by atoms with van der Waals surface area (Å²) in [4.78, 5) is 0. The van der Waals surface area contributed by atoms with Crippen molar-refractivity contribution >= 4 is 0 Å². The average Bonchev–Trinajstić information content (AvgIpc) is 3.26. The highest BCUT2D eigenvalue weighted by atomic mass is 19.4. The van der Waals surface area contributed by atoms with Crippen molar-refractivity contribution < 1.29 is 35.5 Å². The number of allylic oxidation sites excluding steroid dienone is 1. The summed E-state index contributed by atoms with van der Waals surface area (Å²) in [6.45, 7) is 11.8. The van der Waals surface area contributed by atoms with Gasteiger partial charge in [0.25, 0.3) is 0 Å². The zero-order valence-corrected chi connectivity index (χ0v) is 25.5. The van der Waals surface area contributed by atoms with Crippen molar-refractivity contribution in [3.05, 3.63) is 40.5 Å².